The van der Waals surface area contributed by atoms with E-state index in [-0.39, 0.29) is 0 Å². The zero-order valence-corrected chi connectivity index (χ0v) is 20.0. The van der Waals surface area contributed by atoms with E-state index >= 15 is 0 Å². The van der Waals surface area contributed by atoms with Crippen molar-refractivity contribution in [3.63, 3.8) is 0 Å². The van der Waals surface area contributed by atoms with Gasteiger partial charge in [0.05, 0.1) is 17.4 Å². The molecule has 2 aromatic heterocycles. The number of rotatable bonds is 8. The van der Waals surface area contributed by atoms with Gasteiger partial charge in [0, 0.05) is 37.6 Å². The Morgan fingerprint density at radius 1 is 0.941 bits per heavy atom. The largest absolute Gasteiger partial charge is 0.362 e. The third-order valence-electron chi connectivity index (χ3n) is 6.72. The number of aromatic amines is 1. The predicted molar refractivity (Wildman–Crippen MR) is 139 cm³/mol. The lowest BCUT2D eigenvalue weighted by molar-refractivity contribution is 0.324. The van der Waals surface area contributed by atoms with Gasteiger partial charge in [0.2, 0.25) is 5.95 Å². The Bertz CT molecular complexity index is 1210. The fraction of sp³-hybridized carbons (Fsp3) is 0.370. The normalized spacial score (nSPS) is 18.2. The second kappa shape index (κ2) is 10.2. The highest BCUT2D eigenvalue weighted by molar-refractivity contribution is 5.90. The maximum atomic E-state index is 4.81. The molecule has 7 nitrogen and oxygen atoms in total. The quantitative estimate of drug-likeness (QED) is 0.352. The number of H-pyrrole nitrogens is 1. The van der Waals surface area contributed by atoms with Crippen LogP contribution in [0.15, 0.2) is 60.8 Å². The Morgan fingerprint density at radius 2 is 1.71 bits per heavy atom. The van der Waals surface area contributed by atoms with E-state index in [1.165, 1.54) is 24.0 Å². The third kappa shape index (κ3) is 5.04. The lowest BCUT2D eigenvalue weighted by Gasteiger charge is -2.29. The molecule has 0 aliphatic heterocycles. The predicted octanol–water partition coefficient (Wildman–Crippen LogP) is 4.85. The maximum Gasteiger partial charge on any atom is 0.225 e. The molecule has 1 saturated carbocycles. The van der Waals surface area contributed by atoms with Gasteiger partial charge >= 0.3 is 0 Å². The molecule has 0 radical (unpaired) electrons. The van der Waals surface area contributed by atoms with Crippen LogP contribution in [0.25, 0.3) is 22.2 Å². The Balaban J connectivity index is 1.13. The molecule has 0 saturated heterocycles. The molecule has 0 atom stereocenters. The van der Waals surface area contributed by atoms with Crippen LogP contribution in [0, 0.1) is 5.92 Å². The average molecular weight is 456 g/mol. The first-order chi connectivity index (χ1) is 16.7. The van der Waals surface area contributed by atoms with Gasteiger partial charge in [-0.05, 0) is 55.8 Å². The highest BCUT2D eigenvalue weighted by Crippen LogP contribution is 2.28. The van der Waals surface area contributed by atoms with Gasteiger partial charge in [-0.3, -0.25) is 5.10 Å². The summed E-state index contributed by atoms with van der Waals surface area (Å²) in [6.45, 7) is 1.86. The molecule has 0 spiro atoms. The second-order valence-electron chi connectivity index (χ2n) is 9.41. The van der Waals surface area contributed by atoms with Gasteiger partial charge in [0.15, 0.2) is 0 Å². The fourth-order valence-electron chi connectivity index (χ4n) is 4.87. The minimum absolute atomic E-state index is 0.422. The number of aromatic nitrogens is 4. The number of anilines is 2. The van der Waals surface area contributed by atoms with E-state index in [0.29, 0.717) is 12.0 Å². The molecule has 176 valence electrons. The van der Waals surface area contributed by atoms with Crippen LogP contribution in [0.4, 0.5) is 11.8 Å². The minimum atomic E-state index is 0.422. The average Bonchev–Trinajstić information content (AvgIpc) is 3.34. The molecule has 2 heterocycles. The van der Waals surface area contributed by atoms with E-state index in [2.05, 4.69) is 62.1 Å². The Hall–Kier alpha value is -3.45. The van der Waals surface area contributed by atoms with E-state index in [1.807, 2.05) is 38.5 Å². The number of nitrogens with one attached hydrogen (secondary N) is 3. The van der Waals surface area contributed by atoms with Crippen molar-refractivity contribution < 1.29 is 0 Å². The number of fused-ring (bicyclic) bond motifs is 1. The van der Waals surface area contributed by atoms with Crippen LogP contribution in [0.3, 0.4) is 0 Å². The Labute approximate surface area is 201 Å². The Morgan fingerprint density at radius 3 is 2.50 bits per heavy atom. The topological polar surface area (TPSA) is 81.8 Å². The van der Waals surface area contributed by atoms with Crippen molar-refractivity contribution in [3.05, 3.63) is 66.4 Å². The van der Waals surface area contributed by atoms with Gasteiger partial charge in [-0.15, -0.1) is 0 Å². The molecular formula is C27H33N7. The monoisotopic (exact) mass is 455 g/mol. The van der Waals surface area contributed by atoms with E-state index in [1.54, 1.807) is 0 Å². The van der Waals surface area contributed by atoms with Crippen LogP contribution in [0.5, 0.6) is 0 Å². The van der Waals surface area contributed by atoms with Gasteiger partial charge in [-0.1, -0.05) is 42.5 Å². The molecule has 2 aromatic carbocycles. The van der Waals surface area contributed by atoms with E-state index in [4.69, 9.17) is 9.97 Å². The number of hydrogen-bond donors (Lipinski definition) is 3. The third-order valence-corrected chi connectivity index (χ3v) is 6.72. The first-order valence-corrected chi connectivity index (χ1v) is 12.2. The summed E-state index contributed by atoms with van der Waals surface area (Å²) in [6, 6.07) is 19.0. The van der Waals surface area contributed by atoms with Crippen molar-refractivity contribution in [2.45, 2.75) is 38.3 Å². The fourth-order valence-corrected chi connectivity index (χ4v) is 4.87. The highest BCUT2D eigenvalue weighted by Gasteiger charge is 2.22. The van der Waals surface area contributed by atoms with Gasteiger partial charge in [-0.2, -0.15) is 10.1 Å². The summed E-state index contributed by atoms with van der Waals surface area (Å²) in [5, 5.41) is 15.8. The molecule has 3 N–H and O–H groups in total. The van der Waals surface area contributed by atoms with Crippen LogP contribution in [-0.4, -0.2) is 46.8 Å². The summed E-state index contributed by atoms with van der Waals surface area (Å²) in [4.78, 5) is 11.6. The molecule has 1 fully saturated rings. The van der Waals surface area contributed by atoms with Crippen LogP contribution >= 0.6 is 0 Å². The van der Waals surface area contributed by atoms with Gasteiger partial charge in [-0.25, -0.2) is 4.98 Å². The van der Waals surface area contributed by atoms with Gasteiger partial charge in [0.1, 0.15) is 5.82 Å². The summed E-state index contributed by atoms with van der Waals surface area (Å²) < 4.78 is 0. The highest BCUT2D eigenvalue weighted by atomic mass is 15.2. The molecule has 4 aromatic rings. The van der Waals surface area contributed by atoms with Crippen molar-refractivity contribution in [1.29, 1.82) is 0 Å². The molecule has 1 aliphatic rings. The number of hydrogen-bond acceptors (Lipinski definition) is 6. The molecule has 0 unspecified atom stereocenters. The second-order valence-corrected chi connectivity index (χ2v) is 9.41. The lowest BCUT2D eigenvalue weighted by Crippen LogP contribution is -2.31. The minimum Gasteiger partial charge on any atom is -0.362 e. The summed E-state index contributed by atoms with van der Waals surface area (Å²) in [5.41, 5.74) is 4.48. The molecule has 7 heteroatoms. The van der Waals surface area contributed by atoms with Gasteiger partial charge in [0.25, 0.3) is 0 Å². The van der Waals surface area contributed by atoms with Crippen LogP contribution < -0.4 is 15.5 Å². The standard InChI is InChI=1S/C27H33N7/c1-34(2)26-23-10-6-7-11-24(23)31-27(32-26)30-22-14-12-19(13-15-22)16-28-17-21-18-29-33-25(21)20-8-4-3-5-9-20/h3-11,18-19,22,28H,12-17H2,1-2H3,(H,29,33)(H,30,31,32). The summed E-state index contributed by atoms with van der Waals surface area (Å²) in [5.74, 6) is 2.39. The molecule has 0 amide bonds. The Kier molecular flexibility index (Phi) is 6.72. The van der Waals surface area contributed by atoms with Crippen LogP contribution in [0.1, 0.15) is 31.2 Å². The summed E-state index contributed by atoms with van der Waals surface area (Å²) >= 11 is 0. The SMILES string of the molecule is CN(C)c1nc(NC2CCC(CNCc3cn[nH]c3-c3ccccc3)CC2)nc2ccccc12. The van der Waals surface area contributed by atoms with Crippen molar-refractivity contribution in [3.8, 4) is 11.3 Å². The van der Waals surface area contributed by atoms with Gasteiger partial charge < -0.3 is 15.5 Å². The van der Waals surface area contributed by atoms with Crippen molar-refractivity contribution in [2.75, 3.05) is 30.9 Å². The molecule has 0 bridgehead atoms. The molecular weight excluding hydrogens is 422 g/mol. The van der Waals surface area contributed by atoms with Crippen LogP contribution in [-0.2, 0) is 6.54 Å². The van der Waals surface area contributed by atoms with E-state index in [0.717, 1.165) is 54.3 Å². The van der Waals surface area contributed by atoms with Crippen molar-refractivity contribution >= 4 is 22.7 Å². The number of nitrogens with zero attached hydrogens (tertiary/aromatic N) is 4. The molecule has 5 rings (SSSR count). The summed E-state index contributed by atoms with van der Waals surface area (Å²) in [6.07, 6.45) is 6.62. The maximum absolute atomic E-state index is 4.81. The number of benzene rings is 2. The van der Waals surface area contributed by atoms with Crippen molar-refractivity contribution in [2.24, 2.45) is 5.92 Å². The molecule has 34 heavy (non-hydrogen) atoms. The first-order valence-electron chi connectivity index (χ1n) is 12.2. The zero-order valence-electron chi connectivity index (χ0n) is 20.0. The zero-order chi connectivity index (χ0) is 23.3. The van der Waals surface area contributed by atoms with Crippen molar-refractivity contribution in [1.82, 2.24) is 25.5 Å². The summed E-state index contributed by atoms with van der Waals surface area (Å²) in [7, 11) is 4.06. The lowest BCUT2D eigenvalue weighted by atomic mass is 9.86. The molecule has 1 aliphatic carbocycles. The number of para-hydroxylation sites is 1. The van der Waals surface area contributed by atoms with E-state index < -0.39 is 0 Å². The van der Waals surface area contributed by atoms with E-state index in [9.17, 15) is 0 Å². The first kappa shape index (κ1) is 22.3. The smallest absolute Gasteiger partial charge is 0.225 e. The van der Waals surface area contributed by atoms with Crippen LogP contribution in [0.2, 0.25) is 0 Å².